The summed E-state index contributed by atoms with van der Waals surface area (Å²) in [6.07, 6.45) is 1.56. The van der Waals surface area contributed by atoms with Crippen molar-refractivity contribution in [3.05, 3.63) is 59.7 Å². The average Bonchev–Trinajstić information content (AvgIpc) is 3.14. The number of likely N-dealkylation sites (tertiary alicyclic amines) is 1. The summed E-state index contributed by atoms with van der Waals surface area (Å²) in [5.41, 5.74) is 2.08. The highest BCUT2D eigenvalue weighted by molar-refractivity contribution is 5.74. The molecule has 1 aliphatic heterocycles. The van der Waals surface area contributed by atoms with Crippen LogP contribution in [0.1, 0.15) is 36.9 Å². The Balaban J connectivity index is 2.05. The summed E-state index contributed by atoms with van der Waals surface area (Å²) in [6, 6.07) is 15.3. The van der Waals surface area contributed by atoms with E-state index in [-0.39, 0.29) is 6.04 Å². The topological polar surface area (TPSA) is 59.0 Å². The zero-order valence-electron chi connectivity index (χ0n) is 15.2. The highest BCUT2D eigenvalue weighted by atomic mass is 16.5. The van der Waals surface area contributed by atoms with E-state index < -0.39 is 12.0 Å². The van der Waals surface area contributed by atoms with Gasteiger partial charge in [-0.25, -0.2) is 0 Å². The number of hydrogen-bond donors (Lipinski definition) is 1. The van der Waals surface area contributed by atoms with E-state index in [1.165, 1.54) is 0 Å². The summed E-state index contributed by atoms with van der Waals surface area (Å²) in [6.45, 7) is 3.25. The minimum atomic E-state index is -0.763. The number of carbonyl (C=O) groups is 1. The van der Waals surface area contributed by atoms with Gasteiger partial charge in [0.2, 0.25) is 0 Å². The molecule has 0 spiro atoms. The van der Waals surface area contributed by atoms with Crippen LogP contribution < -0.4 is 9.47 Å². The summed E-state index contributed by atoms with van der Waals surface area (Å²) in [7, 11) is 1.62. The van der Waals surface area contributed by atoms with E-state index in [4.69, 9.17) is 9.47 Å². The van der Waals surface area contributed by atoms with Gasteiger partial charge in [0.05, 0.1) is 19.8 Å². The van der Waals surface area contributed by atoms with Crippen LogP contribution in [0.5, 0.6) is 11.5 Å². The molecule has 138 valence electrons. The molecule has 0 amide bonds. The van der Waals surface area contributed by atoms with Gasteiger partial charge in [0.25, 0.3) is 0 Å². The summed E-state index contributed by atoms with van der Waals surface area (Å²) in [5.74, 6) is 0.597. The molecule has 0 radical (unpaired) electrons. The van der Waals surface area contributed by atoms with E-state index in [0.717, 1.165) is 24.1 Å². The summed E-state index contributed by atoms with van der Waals surface area (Å²) < 4.78 is 11.1. The first-order chi connectivity index (χ1) is 12.7. The van der Waals surface area contributed by atoms with Crippen LogP contribution in [0.25, 0.3) is 0 Å². The van der Waals surface area contributed by atoms with Crippen molar-refractivity contribution >= 4 is 5.97 Å². The lowest BCUT2D eigenvalue weighted by Crippen LogP contribution is -2.39. The van der Waals surface area contributed by atoms with Crippen molar-refractivity contribution in [2.75, 3.05) is 20.3 Å². The second kappa shape index (κ2) is 8.23. The lowest BCUT2D eigenvalue weighted by Gasteiger charge is -2.32. The first-order valence-electron chi connectivity index (χ1n) is 9.00. The largest absolute Gasteiger partial charge is 0.493 e. The van der Waals surface area contributed by atoms with Gasteiger partial charge in [-0.3, -0.25) is 9.69 Å². The molecule has 2 aromatic rings. The number of methoxy groups -OCH3 is 1. The molecule has 2 aromatic carbocycles. The van der Waals surface area contributed by atoms with E-state index in [9.17, 15) is 9.90 Å². The Hall–Kier alpha value is -2.53. The van der Waals surface area contributed by atoms with E-state index >= 15 is 0 Å². The molecule has 26 heavy (non-hydrogen) atoms. The van der Waals surface area contributed by atoms with Gasteiger partial charge in [-0.2, -0.15) is 0 Å². The Morgan fingerprint density at radius 2 is 1.96 bits per heavy atom. The monoisotopic (exact) mass is 355 g/mol. The number of ether oxygens (including phenoxy) is 2. The lowest BCUT2D eigenvalue weighted by atomic mass is 9.96. The van der Waals surface area contributed by atoms with Gasteiger partial charge in [0.1, 0.15) is 6.04 Å². The minimum Gasteiger partial charge on any atom is -0.493 e. The van der Waals surface area contributed by atoms with E-state index in [1.807, 2.05) is 55.5 Å². The number of carboxylic acid groups (broad SMARTS) is 1. The lowest BCUT2D eigenvalue weighted by molar-refractivity contribution is -0.142. The Morgan fingerprint density at radius 3 is 2.62 bits per heavy atom. The van der Waals surface area contributed by atoms with Gasteiger partial charge in [0, 0.05) is 6.54 Å². The molecule has 0 aliphatic carbocycles. The number of hydrogen-bond acceptors (Lipinski definition) is 4. The minimum absolute atomic E-state index is 0.135. The highest BCUT2D eigenvalue weighted by Gasteiger charge is 2.37. The van der Waals surface area contributed by atoms with E-state index in [1.54, 1.807) is 7.11 Å². The number of nitrogens with zero attached hydrogens (tertiary/aromatic N) is 1. The number of aliphatic carboxylic acids is 1. The standard InChI is InChI=1S/C21H25NO4/c1-3-26-18-12-11-16(14-19(18)25-2)20(15-8-5-4-6-9-15)22-13-7-10-17(22)21(23)24/h4-6,8-9,11-12,14,17,20H,3,7,10,13H2,1-2H3,(H,23,24). The molecule has 1 fully saturated rings. The van der Waals surface area contributed by atoms with E-state index in [2.05, 4.69) is 4.90 Å². The van der Waals surface area contributed by atoms with Crippen LogP contribution in [-0.4, -0.2) is 42.3 Å². The fourth-order valence-corrected chi connectivity index (χ4v) is 3.70. The van der Waals surface area contributed by atoms with E-state index in [0.29, 0.717) is 24.5 Å². The third-order valence-corrected chi connectivity index (χ3v) is 4.83. The predicted molar refractivity (Wildman–Crippen MR) is 99.8 cm³/mol. The van der Waals surface area contributed by atoms with Gasteiger partial charge in [-0.1, -0.05) is 36.4 Å². The molecular weight excluding hydrogens is 330 g/mol. The van der Waals surface area contributed by atoms with Gasteiger partial charge in [-0.05, 0) is 43.0 Å². The maximum Gasteiger partial charge on any atom is 0.320 e. The van der Waals surface area contributed by atoms with Crippen molar-refractivity contribution in [1.82, 2.24) is 4.90 Å². The summed E-state index contributed by atoms with van der Waals surface area (Å²) in [4.78, 5) is 13.8. The first-order valence-corrected chi connectivity index (χ1v) is 9.00. The zero-order chi connectivity index (χ0) is 18.5. The van der Waals surface area contributed by atoms with Crippen LogP contribution in [0.2, 0.25) is 0 Å². The van der Waals surface area contributed by atoms with Crippen molar-refractivity contribution in [2.45, 2.75) is 31.8 Å². The molecule has 0 aromatic heterocycles. The first kappa shape index (κ1) is 18.3. The molecule has 3 rings (SSSR count). The maximum absolute atomic E-state index is 11.8. The third-order valence-electron chi connectivity index (χ3n) is 4.83. The zero-order valence-corrected chi connectivity index (χ0v) is 15.2. The fraction of sp³-hybridized carbons (Fsp3) is 0.381. The van der Waals surface area contributed by atoms with Crippen molar-refractivity contribution in [3.8, 4) is 11.5 Å². The van der Waals surface area contributed by atoms with Crippen LogP contribution in [-0.2, 0) is 4.79 Å². The van der Waals surface area contributed by atoms with Gasteiger partial charge in [-0.15, -0.1) is 0 Å². The summed E-state index contributed by atoms with van der Waals surface area (Å²) in [5, 5.41) is 9.65. The van der Waals surface area contributed by atoms with Crippen LogP contribution in [0.3, 0.4) is 0 Å². The van der Waals surface area contributed by atoms with Gasteiger partial charge in [0.15, 0.2) is 11.5 Å². The normalized spacial score (nSPS) is 18.5. The smallest absolute Gasteiger partial charge is 0.320 e. The summed E-state index contributed by atoms with van der Waals surface area (Å²) >= 11 is 0. The van der Waals surface area contributed by atoms with Crippen molar-refractivity contribution in [1.29, 1.82) is 0 Å². The molecule has 0 saturated carbocycles. The molecule has 1 N–H and O–H groups in total. The Bertz CT molecular complexity index is 747. The maximum atomic E-state index is 11.8. The predicted octanol–water partition coefficient (Wildman–Crippen LogP) is 3.73. The molecule has 5 nitrogen and oxygen atoms in total. The quantitative estimate of drug-likeness (QED) is 0.820. The van der Waals surface area contributed by atoms with Crippen LogP contribution in [0.15, 0.2) is 48.5 Å². The molecule has 2 unspecified atom stereocenters. The van der Waals surface area contributed by atoms with Crippen LogP contribution >= 0.6 is 0 Å². The number of carboxylic acids is 1. The SMILES string of the molecule is CCOc1ccc(C(c2ccccc2)N2CCCC2C(=O)O)cc1OC. The molecule has 1 saturated heterocycles. The molecule has 1 heterocycles. The fourth-order valence-electron chi connectivity index (χ4n) is 3.70. The number of rotatable bonds is 7. The molecule has 0 bridgehead atoms. The Kier molecular flexibility index (Phi) is 5.78. The Labute approximate surface area is 154 Å². The molecular formula is C21H25NO4. The van der Waals surface area contributed by atoms with Crippen molar-refractivity contribution in [3.63, 3.8) is 0 Å². The number of benzene rings is 2. The highest BCUT2D eigenvalue weighted by Crippen LogP contribution is 2.38. The van der Waals surface area contributed by atoms with Gasteiger partial charge >= 0.3 is 5.97 Å². The van der Waals surface area contributed by atoms with Crippen LogP contribution in [0.4, 0.5) is 0 Å². The van der Waals surface area contributed by atoms with Gasteiger partial charge < -0.3 is 14.6 Å². The average molecular weight is 355 g/mol. The van der Waals surface area contributed by atoms with Crippen molar-refractivity contribution in [2.24, 2.45) is 0 Å². The van der Waals surface area contributed by atoms with Crippen molar-refractivity contribution < 1.29 is 19.4 Å². The second-order valence-electron chi connectivity index (χ2n) is 6.39. The molecule has 1 aliphatic rings. The third kappa shape index (κ3) is 3.68. The molecule has 5 heteroatoms. The second-order valence-corrected chi connectivity index (χ2v) is 6.39. The Morgan fingerprint density at radius 1 is 1.19 bits per heavy atom. The van der Waals surface area contributed by atoms with Crippen LogP contribution in [0, 0.1) is 0 Å². The molecule has 2 atom stereocenters.